The highest BCUT2D eigenvalue weighted by Gasteiger charge is 2.12. The van der Waals surface area contributed by atoms with Gasteiger partial charge in [-0.1, -0.05) is 13.8 Å². The number of nitrogen functional groups attached to an aromatic ring is 1. The molecule has 0 aliphatic heterocycles. The molecule has 4 N–H and O–H groups in total. The molecule has 17 heavy (non-hydrogen) atoms. The van der Waals surface area contributed by atoms with Crippen molar-refractivity contribution < 1.29 is 0 Å². The minimum absolute atomic E-state index is 0.346. The van der Waals surface area contributed by atoms with Crippen LogP contribution < -0.4 is 16.6 Å². The summed E-state index contributed by atoms with van der Waals surface area (Å²) in [6.45, 7) is 6.48. The van der Waals surface area contributed by atoms with Crippen molar-refractivity contribution in [1.29, 1.82) is 0 Å². The van der Waals surface area contributed by atoms with E-state index in [9.17, 15) is 0 Å². The van der Waals surface area contributed by atoms with Crippen molar-refractivity contribution in [3.8, 4) is 0 Å². The second kappa shape index (κ2) is 4.85. The summed E-state index contributed by atoms with van der Waals surface area (Å²) < 4.78 is 0. The van der Waals surface area contributed by atoms with E-state index >= 15 is 0 Å². The summed E-state index contributed by atoms with van der Waals surface area (Å²) in [6.07, 6.45) is 0. The van der Waals surface area contributed by atoms with Crippen LogP contribution in [0.4, 0.5) is 11.8 Å². The van der Waals surface area contributed by atoms with E-state index in [1.807, 2.05) is 11.4 Å². The van der Waals surface area contributed by atoms with Crippen molar-refractivity contribution >= 4 is 33.3 Å². The Morgan fingerprint density at radius 1 is 1.29 bits per heavy atom. The maximum Gasteiger partial charge on any atom is 0.240 e. The van der Waals surface area contributed by atoms with Crippen LogP contribution in [-0.2, 0) is 0 Å². The summed E-state index contributed by atoms with van der Waals surface area (Å²) >= 11 is 1.58. The zero-order chi connectivity index (χ0) is 12.4. The van der Waals surface area contributed by atoms with E-state index in [-0.39, 0.29) is 0 Å². The molecular formula is C11H17N5S. The van der Waals surface area contributed by atoms with Crippen LogP contribution in [0.3, 0.4) is 0 Å². The molecule has 0 aromatic carbocycles. The van der Waals surface area contributed by atoms with Crippen LogP contribution in [0.1, 0.15) is 20.8 Å². The molecular weight excluding hydrogens is 234 g/mol. The lowest BCUT2D eigenvalue weighted by Crippen LogP contribution is -2.23. The summed E-state index contributed by atoms with van der Waals surface area (Å²) in [5.41, 5.74) is 2.50. The summed E-state index contributed by atoms with van der Waals surface area (Å²) in [7, 11) is 0. The zero-order valence-corrected chi connectivity index (χ0v) is 11.0. The second-order valence-electron chi connectivity index (χ2n) is 4.36. The first-order valence-corrected chi connectivity index (χ1v) is 6.48. The number of nitrogens with two attached hydrogens (primary N) is 1. The Labute approximate surface area is 104 Å². The van der Waals surface area contributed by atoms with Gasteiger partial charge in [-0.05, 0) is 24.3 Å². The van der Waals surface area contributed by atoms with Crippen molar-refractivity contribution in [1.82, 2.24) is 9.97 Å². The molecule has 0 saturated carbocycles. The van der Waals surface area contributed by atoms with Crippen molar-refractivity contribution in [2.75, 3.05) is 10.7 Å². The largest absolute Gasteiger partial charge is 0.367 e. The number of nitrogens with one attached hydrogen (secondary N) is 2. The smallest absolute Gasteiger partial charge is 0.240 e. The lowest BCUT2D eigenvalue weighted by molar-refractivity contribution is 0.559. The minimum atomic E-state index is 0.346. The predicted molar refractivity (Wildman–Crippen MR) is 73.1 cm³/mol. The molecule has 0 spiro atoms. The number of nitrogens with zero attached hydrogens (tertiary/aromatic N) is 2. The maximum absolute atomic E-state index is 5.37. The first-order chi connectivity index (χ1) is 8.11. The molecule has 1 unspecified atom stereocenters. The molecule has 2 heterocycles. The molecule has 0 saturated heterocycles. The summed E-state index contributed by atoms with van der Waals surface area (Å²) in [6, 6.07) is 2.37. The Kier molecular flexibility index (Phi) is 3.44. The monoisotopic (exact) mass is 251 g/mol. The van der Waals surface area contributed by atoms with Crippen LogP contribution >= 0.6 is 11.3 Å². The molecule has 0 fully saturated rings. The molecule has 6 heteroatoms. The molecule has 2 aromatic heterocycles. The Morgan fingerprint density at radius 3 is 2.71 bits per heavy atom. The van der Waals surface area contributed by atoms with Crippen LogP contribution in [0.15, 0.2) is 11.4 Å². The zero-order valence-electron chi connectivity index (χ0n) is 10.2. The first-order valence-electron chi connectivity index (χ1n) is 5.60. The van der Waals surface area contributed by atoms with Gasteiger partial charge in [0.25, 0.3) is 0 Å². The third kappa shape index (κ3) is 2.48. The topological polar surface area (TPSA) is 75.9 Å². The number of rotatable bonds is 4. The lowest BCUT2D eigenvalue weighted by Gasteiger charge is -2.18. The molecule has 0 radical (unpaired) electrons. The van der Waals surface area contributed by atoms with Gasteiger partial charge in [-0.25, -0.2) is 10.8 Å². The van der Waals surface area contributed by atoms with Crippen LogP contribution in [0.2, 0.25) is 0 Å². The fourth-order valence-electron chi connectivity index (χ4n) is 1.41. The van der Waals surface area contributed by atoms with Gasteiger partial charge in [-0.3, -0.25) is 5.43 Å². The molecule has 0 aliphatic carbocycles. The van der Waals surface area contributed by atoms with Gasteiger partial charge < -0.3 is 5.32 Å². The van der Waals surface area contributed by atoms with E-state index in [1.165, 1.54) is 0 Å². The normalized spacial score (nSPS) is 13.0. The number of aromatic nitrogens is 2. The van der Waals surface area contributed by atoms with E-state index in [0.29, 0.717) is 17.9 Å². The fraction of sp³-hybridized carbons (Fsp3) is 0.455. The van der Waals surface area contributed by atoms with Crippen molar-refractivity contribution in [3.05, 3.63) is 11.4 Å². The fourth-order valence-corrected chi connectivity index (χ4v) is 2.18. The lowest BCUT2D eigenvalue weighted by atomic mass is 10.1. The summed E-state index contributed by atoms with van der Waals surface area (Å²) in [4.78, 5) is 9.60. The Morgan fingerprint density at radius 2 is 2.06 bits per heavy atom. The van der Waals surface area contributed by atoms with Crippen molar-refractivity contribution in [2.24, 2.45) is 11.8 Å². The minimum Gasteiger partial charge on any atom is -0.367 e. The maximum atomic E-state index is 5.37. The van der Waals surface area contributed by atoms with Crippen LogP contribution in [0, 0.1) is 5.92 Å². The average molecular weight is 251 g/mol. The quantitative estimate of drug-likeness (QED) is 0.575. The van der Waals surface area contributed by atoms with Crippen molar-refractivity contribution in [2.45, 2.75) is 26.8 Å². The molecule has 2 rings (SSSR count). The summed E-state index contributed by atoms with van der Waals surface area (Å²) in [5, 5.41) is 6.45. The highest BCUT2D eigenvalue weighted by molar-refractivity contribution is 7.16. The van der Waals surface area contributed by atoms with E-state index in [0.717, 1.165) is 16.0 Å². The number of hydrogen-bond donors (Lipinski definition) is 3. The second-order valence-corrected chi connectivity index (χ2v) is 5.25. The number of hydrogen-bond acceptors (Lipinski definition) is 6. The Hall–Kier alpha value is -1.40. The number of fused-ring (bicyclic) bond motifs is 1. The third-order valence-corrected chi connectivity index (χ3v) is 3.63. The van der Waals surface area contributed by atoms with Gasteiger partial charge in [-0.2, -0.15) is 4.98 Å². The Bertz CT molecular complexity index is 508. The van der Waals surface area contributed by atoms with Crippen LogP contribution in [0.5, 0.6) is 0 Å². The molecule has 2 aromatic rings. The van der Waals surface area contributed by atoms with Gasteiger partial charge in [0.15, 0.2) is 0 Å². The van der Waals surface area contributed by atoms with E-state index in [2.05, 4.69) is 41.5 Å². The van der Waals surface area contributed by atoms with Gasteiger partial charge in [0.2, 0.25) is 5.95 Å². The van der Waals surface area contributed by atoms with Crippen LogP contribution in [0.25, 0.3) is 10.2 Å². The summed E-state index contributed by atoms with van der Waals surface area (Å²) in [5.74, 6) is 7.19. The molecule has 0 bridgehead atoms. The highest BCUT2D eigenvalue weighted by atomic mass is 32.1. The molecule has 0 aliphatic rings. The van der Waals surface area contributed by atoms with Gasteiger partial charge in [0.1, 0.15) is 10.6 Å². The van der Waals surface area contributed by atoms with Crippen molar-refractivity contribution in [3.63, 3.8) is 0 Å². The number of hydrazine groups is 1. The third-order valence-electron chi connectivity index (χ3n) is 2.82. The van der Waals surface area contributed by atoms with E-state index in [1.54, 1.807) is 11.3 Å². The van der Waals surface area contributed by atoms with Gasteiger partial charge in [0, 0.05) is 6.04 Å². The van der Waals surface area contributed by atoms with Gasteiger partial charge in [-0.15, -0.1) is 11.3 Å². The Balaban J connectivity index is 2.40. The number of anilines is 2. The average Bonchev–Trinajstić information content (AvgIpc) is 2.76. The first kappa shape index (κ1) is 12.1. The highest BCUT2D eigenvalue weighted by Crippen LogP contribution is 2.27. The molecule has 0 amide bonds. The molecule has 5 nitrogen and oxygen atoms in total. The van der Waals surface area contributed by atoms with Gasteiger partial charge >= 0.3 is 0 Å². The van der Waals surface area contributed by atoms with E-state index < -0.39 is 0 Å². The molecule has 92 valence electrons. The predicted octanol–water partition coefficient (Wildman–Crippen LogP) is 2.43. The number of thiophene rings is 1. The SMILES string of the molecule is CC(C)C(C)Nc1nc(NN)nc2sccc12. The van der Waals surface area contributed by atoms with E-state index in [4.69, 9.17) is 5.84 Å². The van der Waals surface area contributed by atoms with Gasteiger partial charge in [0.05, 0.1) is 5.39 Å². The van der Waals surface area contributed by atoms with Crippen LogP contribution in [-0.4, -0.2) is 16.0 Å². The standard InChI is InChI=1S/C11H17N5S/c1-6(2)7(3)13-9-8-4-5-17-10(8)15-11(14-9)16-12/h4-7H,12H2,1-3H3,(H2,13,14,15,16). The molecule has 1 atom stereocenters.